The fourth-order valence-corrected chi connectivity index (χ4v) is 1.55. The molecule has 96 valence electrons. The smallest absolute Gasteiger partial charge is 0.158 e. The lowest BCUT2D eigenvalue weighted by Crippen LogP contribution is -2.30. The molecular weight excluding hydrogens is 242 g/mol. The molecule has 0 saturated heterocycles. The zero-order valence-electron chi connectivity index (χ0n) is 10.3. The van der Waals surface area contributed by atoms with Crippen LogP contribution in [0.1, 0.15) is 19.7 Å². The van der Waals surface area contributed by atoms with Crippen molar-refractivity contribution >= 4 is 17.4 Å². The third-order valence-corrected chi connectivity index (χ3v) is 2.54. The van der Waals surface area contributed by atoms with Gasteiger partial charge in [0, 0.05) is 13.2 Å². The van der Waals surface area contributed by atoms with E-state index in [0.29, 0.717) is 29.3 Å². The van der Waals surface area contributed by atoms with Gasteiger partial charge in [0.2, 0.25) is 0 Å². The molecule has 17 heavy (non-hydrogen) atoms. The van der Waals surface area contributed by atoms with E-state index in [2.05, 4.69) is 15.3 Å². The molecule has 1 rings (SSSR count). The summed E-state index contributed by atoms with van der Waals surface area (Å²) in [6.45, 7) is 4.39. The first-order chi connectivity index (χ1) is 8.06. The summed E-state index contributed by atoms with van der Waals surface area (Å²) < 4.78 is 4.96. The molecule has 5 nitrogen and oxygen atoms in total. The van der Waals surface area contributed by atoms with Gasteiger partial charge in [0.1, 0.15) is 17.6 Å². The molecule has 0 aliphatic heterocycles. The van der Waals surface area contributed by atoms with E-state index in [1.54, 1.807) is 13.2 Å². The predicted molar refractivity (Wildman–Crippen MR) is 67.1 cm³/mol. The van der Waals surface area contributed by atoms with E-state index >= 15 is 0 Å². The van der Waals surface area contributed by atoms with E-state index in [9.17, 15) is 5.11 Å². The second kappa shape index (κ2) is 6.74. The standard InChI is InChI=1S/C11H18ClN3O2/c1-7(2)8(5-16)13-10-4-9(12)14-11(15-10)6-17-3/h4,7-8,16H,5-6H2,1-3H3,(H,13,14,15). The second-order valence-corrected chi connectivity index (χ2v) is 4.49. The van der Waals surface area contributed by atoms with Crippen LogP contribution < -0.4 is 5.32 Å². The molecular formula is C11H18ClN3O2. The van der Waals surface area contributed by atoms with Crippen molar-refractivity contribution < 1.29 is 9.84 Å². The van der Waals surface area contributed by atoms with E-state index in [4.69, 9.17) is 16.3 Å². The number of hydrogen-bond acceptors (Lipinski definition) is 5. The molecule has 0 aliphatic carbocycles. The van der Waals surface area contributed by atoms with Crippen LogP contribution in [0.2, 0.25) is 5.15 Å². The zero-order valence-corrected chi connectivity index (χ0v) is 11.0. The largest absolute Gasteiger partial charge is 0.394 e. The lowest BCUT2D eigenvalue weighted by Gasteiger charge is -2.20. The minimum Gasteiger partial charge on any atom is -0.394 e. The summed E-state index contributed by atoms with van der Waals surface area (Å²) in [6, 6.07) is 1.57. The monoisotopic (exact) mass is 259 g/mol. The van der Waals surface area contributed by atoms with Crippen molar-refractivity contribution in [2.75, 3.05) is 19.0 Å². The van der Waals surface area contributed by atoms with Gasteiger partial charge in [0.15, 0.2) is 5.82 Å². The van der Waals surface area contributed by atoms with Crippen molar-refractivity contribution in [2.24, 2.45) is 5.92 Å². The Morgan fingerprint density at radius 1 is 1.47 bits per heavy atom. The number of methoxy groups -OCH3 is 1. The topological polar surface area (TPSA) is 67.3 Å². The summed E-state index contributed by atoms with van der Waals surface area (Å²) in [7, 11) is 1.57. The van der Waals surface area contributed by atoms with Crippen LogP contribution in [0.4, 0.5) is 5.82 Å². The van der Waals surface area contributed by atoms with E-state index in [1.807, 2.05) is 13.8 Å². The number of rotatable bonds is 6. The highest BCUT2D eigenvalue weighted by Crippen LogP contribution is 2.15. The Kier molecular flexibility index (Phi) is 5.61. The second-order valence-electron chi connectivity index (χ2n) is 4.10. The third-order valence-electron chi connectivity index (χ3n) is 2.35. The van der Waals surface area contributed by atoms with Gasteiger partial charge in [-0.3, -0.25) is 0 Å². The van der Waals surface area contributed by atoms with Crippen molar-refractivity contribution in [3.63, 3.8) is 0 Å². The molecule has 0 radical (unpaired) electrons. The molecule has 1 unspecified atom stereocenters. The molecule has 0 fully saturated rings. The van der Waals surface area contributed by atoms with Crippen LogP contribution in [-0.4, -0.2) is 34.8 Å². The Labute approximate surface area is 106 Å². The van der Waals surface area contributed by atoms with E-state index in [-0.39, 0.29) is 12.6 Å². The Morgan fingerprint density at radius 3 is 2.71 bits per heavy atom. The molecule has 1 aromatic heterocycles. The maximum absolute atomic E-state index is 9.24. The molecule has 2 N–H and O–H groups in total. The van der Waals surface area contributed by atoms with Gasteiger partial charge >= 0.3 is 0 Å². The third kappa shape index (κ3) is 4.46. The number of aliphatic hydroxyl groups excluding tert-OH is 1. The Bertz CT molecular complexity index is 361. The van der Waals surface area contributed by atoms with Crippen molar-refractivity contribution in [3.05, 3.63) is 17.0 Å². The van der Waals surface area contributed by atoms with Gasteiger partial charge in [0.25, 0.3) is 0 Å². The average molecular weight is 260 g/mol. The molecule has 0 aliphatic rings. The van der Waals surface area contributed by atoms with Crippen molar-refractivity contribution in [1.29, 1.82) is 0 Å². The minimum atomic E-state index is -0.0589. The fourth-order valence-electron chi connectivity index (χ4n) is 1.35. The van der Waals surface area contributed by atoms with Crippen LogP contribution >= 0.6 is 11.6 Å². The Morgan fingerprint density at radius 2 is 2.18 bits per heavy atom. The maximum Gasteiger partial charge on any atom is 0.158 e. The van der Waals surface area contributed by atoms with Gasteiger partial charge in [-0.1, -0.05) is 25.4 Å². The molecule has 0 aromatic carbocycles. The van der Waals surface area contributed by atoms with Crippen LogP contribution in [0, 0.1) is 5.92 Å². The number of halogens is 1. The van der Waals surface area contributed by atoms with Crippen molar-refractivity contribution in [1.82, 2.24) is 9.97 Å². The van der Waals surface area contributed by atoms with Crippen molar-refractivity contribution in [2.45, 2.75) is 26.5 Å². The van der Waals surface area contributed by atoms with E-state index < -0.39 is 0 Å². The SMILES string of the molecule is COCc1nc(Cl)cc(NC(CO)C(C)C)n1. The summed E-state index contributed by atoms with van der Waals surface area (Å²) in [6.07, 6.45) is 0. The molecule has 0 saturated carbocycles. The van der Waals surface area contributed by atoms with Crippen LogP contribution in [0.5, 0.6) is 0 Å². The molecule has 1 atom stereocenters. The van der Waals surface area contributed by atoms with Crippen LogP contribution in [0.3, 0.4) is 0 Å². The number of nitrogens with one attached hydrogen (secondary N) is 1. The number of nitrogens with zero attached hydrogens (tertiary/aromatic N) is 2. The number of ether oxygens (including phenoxy) is 1. The van der Waals surface area contributed by atoms with Gasteiger partial charge in [-0.2, -0.15) is 0 Å². The first kappa shape index (κ1) is 14.2. The van der Waals surface area contributed by atoms with E-state index in [0.717, 1.165) is 0 Å². The van der Waals surface area contributed by atoms with Crippen LogP contribution in [0.25, 0.3) is 0 Å². The molecule has 0 amide bonds. The van der Waals surface area contributed by atoms with Gasteiger partial charge in [0.05, 0.1) is 12.6 Å². The van der Waals surface area contributed by atoms with Gasteiger partial charge in [-0.15, -0.1) is 0 Å². The average Bonchev–Trinajstić information content (AvgIpc) is 2.25. The fraction of sp³-hybridized carbons (Fsp3) is 0.636. The molecule has 0 spiro atoms. The van der Waals surface area contributed by atoms with Gasteiger partial charge in [-0.05, 0) is 5.92 Å². The van der Waals surface area contributed by atoms with Crippen LogP contribution in [0.15, 0.2) is 6.07 Å². The molecule has 1 heterocycles. The van der Waals surface area contributed by atoms with E-state index in [1.165, 1.54) is 0 Å². The Hall–Kier alpha value is -0.910. The first-order valence-electron chi connectivity index (χ1n) is 5.46. The highest BCUT2D eigenvalue weighted by molar-refractivity contribution is 6.29. The maximum atomic E-state index is 9.24. The lowest BCUT2D eigenvalue weighted by atomic mass is 10.1. The summed E-state index contributed by atoms with van der Waals surface area (Å²) in [5, 5.41) is 12.7. The minimum absolute atomic E-state index is 0.0406. The molecule has 6 heteroatoms. The summed E-state index contributed by atoms with van der Waals surface area (Å²) in [5.74, 6) is 1.41. The van der Waals surface area contributed by atoms with Crippen LogP contribution in [-0.2, 0) is 11.3 Å². The summed E-state index contributed by atoms with van der Waals surface area (Å²) >= 11 is 5.88. The first-order valence-corrected chi connectivity index (χ1v) is 5.84. The molecule has 1 aromatic rings. The summed E-state index contributed by atoms with van der Waals surface area (Å²) in [5.41, 5.74) is 0. The highest BCUT2D eigenvalue weighted by atomic mass is 35.5. The predicted octanol–water partition coefficient (Wildman–Crippen LogP) is 1.71. The quantitative estimate of drug-likeness (QED) is 0.762. The summed E-state index contributed by atoms with van der Waals surface area (Å²) in [4.78, 5) is 8.28. The zero-order chi connectivity index (χ0) is 12.8. The Balaban J connectivity index is 2.82. The number of hydrogen-bond donors (Lipinski definition) is 2. The number of aliphatic hydroxyl groups is 1. The molecule has 0 bridgehead atoms. The lowest BCUT2D eigenvalue weighted by molar-refractivity contribution is 0.178. The number of aromatic nitrogens is 2. The van der Waals surface area contributed by atoms with Gasteiger partial charge < -0.3 is 15.2 Å². The van der Waals surface area contributed by atoms with Crippen molar-refractivity contribution in [3.8, 4) is 0 Å². The normalized spacial score (nSPS) is 12.8. The number of anilines is 1. The van der Waals surface area contributed by atoms with Gasteiger partial charge in [-0.25, -0.2) is 9.97 Å². The highest BCUT2D eigenvalue weighted by Gasteiger charge is 2.13.